The fourth-order valence-corrected chi connectivity index (χ4v) is 2.62. The molecular weight excluding hydrogens is 297 g/mol. The van der Waals surface area contributed by atoms with Gasteiger partial charge >= 0.3 is 6.03 Å². The summed E-state index contributed by atoms with van der Waals surface area (Å²) in [5, 5.41) is 2.88. The summed E-state index contributed by atoms with van der Waals surface area (Å²) in [5.41, 5.74) is 0.885. The summed E-state index contributed by atoms with van der Waals surface area (Å²) in [6.07, 6.45) is 1.68. The normalized spacial score (nSPS) is 15.6. The number of amides is 2. The quantitative estimate of drug-likeness (QED) is 0.942. The van der Waals surface area contributed by atoms with Gasteiger partial charge in [-0.15, -0.1) is 0 Å². The lowest BCUT2D eigenvalue weighted by atomic mass is 10.2. The van der Waals surface area contributed by atoms with Gasteiger partial charge in [0.05, 0.1) is 12.8 Å². The Kier molecular flexibility index (Phi) is 4.92. The Hall–Kier alpha value is -2.34. The van der Waals surface area contributed by atoms with Gasteiger partial charge in [-0.05, 0) is 29.8 Å². The predicted octanol–water partition coefficient (Wildman–Crippen LogP) is 2.45. The molecule has 2 aromatic rings. The minimum atomic E-state index is -0.271. The third-order valence-corrected chi connectivity index (χ3v) is 3.98. The van der Waals surface area contributed by atoms with Gasteiger partial charge in [-0.1, -0.05) is 12.1 Å². The molecule has 2 heterocycles. The Morgan fingerprint density at radius 2 is 1.87 bits per heavy atom. The molecule has 0 unspecified atom stereocenters. The number of halogens is 1. The Morgan fingerprint density at radius 1 is 1.13 bits per heavy atom. The molecule has 1 aromatic heterocycles. The molecule has 0 radical (unpaired) electrons. The molecule has 2 amide bonds. The molecule has 122 valence electrons. The number of nitrogens with zero attached hydrogens (tertiary/aromatic N) is 2. The van der Waals surface area contributed by atoms with Crippen molar-refractivity contribution in [3.63, 3.8) is 0 Å². The molecule has 0 bridgehead atoms. The monoisotopic (exact) mass is 317 g/mol. The van der Waals surface area contributed by atoms with E-state index in [9.17, 15) is 9.18 Å². The average Bonchev–Trinajstić information content (AvgIpc) is 3.08. The molecule has 23 heavy (non-hydrogen) atoms. The summed E-state index contributed by atoms with van der Waals surface area (Å²) in [5.74, 6) is 0.673. The zero-order valence-corrected chi connectivity index (χ0v) is 12.9. The highest BCUT2D eigenvalue weighted by Crippen LogP contribution is 2.09. The molecule has 1 aliphatic heterocycles. The lowest BCUT2D eigenvalue weighted by Gasteiger charge is -2.34. The van der Waals surface area contributed by atoms with Gasteiger partial charge < -0.3 is 14.6 Å². The standard InChI is InChI=1S/C17H20FN3O2/c18-15-5-3-14(4-6-15)12-19-17(22)21-9-7-20(8-10-21)13-16-2-1-11-23-16/h1-6,11H,7-10,12-13H2,(H,19,22). The van der Waals surface area contributed by atoms with E-state index in [0.717, 1.165) is 31.0 Å². The van der Waals surface area contributed by atoms with E-state index in [1.807, 2.05) is 17.0 Å². The minimum absolute atomic E-state index is 0.0769. The van der Waals surface area contributed by atoms with Gasteiger partial charge in [0.1, 0.15) is 11.6 Å². The van der Waals surface area contributed by atoms with Crippen LogP contribution >= 0.6 is 0 Å². The first-order chi connectivity index (χ1) is 11.2. The zero-order chi connectivity index (χ0) is 16.1. The first-order valence-corrected chi connectivity index (χ1v) is 7.73. The van der Waals surface area contributed by atoms with Crippen molar-refractivity contribution in [3.8, 4) is 0 Å². The van der Waals surface area contributed by atoms with Gasteiger partial charge in [-0.2, -0.15) is 0 Å². The maximum absolute atomic E-state index is 12.8. The van der Waals surface area contributed by atoms with Crippen LogP contribution in [0.1, 0.15) is 11.3 Å². The van der Waals surface area contributed by atoms with Gasteiger partial charge in [0.15, 0.2) is 0 Å². The van der Waals surface area contributed by atoms with Crippen LogP contribution in [0.3, 0.4) is 0 Å². The number of furan rings is 1. The molecule has 0 spiro atoms. The molecule has 0 atom stereocenters. The summed E-state index contributed by atoms with van der Waals surface area (Å²) in [6, 6.07) is 9.92. The van der Waals surface area contributed by atoms with Crippen LogP contribution in [0.25, 0.3) is 0 Å². The van der Waals surface area contributed by atoms with Crippen molar-refractivity contribution in [2.24, 2.45) is 0 Å². The number of nitrogens with one attached hydrogen (secondary N) is 1. The molecule has 1 saturated heterocycles. The number of rotatable bonds is 4. The summed E-state index contributed by atoms with van der Waals surface area (Å²) in [4.78, 5) is 16.2. The lowest BCUT2D eigenvalue weighted by Crippen LogP contribution is -2.51. The van der Waals surface area contributed by atoms with Crippen molar-refractivity contribution in [2.45, 2.75) is 13.1 Å². The molecule has 0 saturated carbocycles. The van der Waals surface area contributed by atoms with E-state index in [2.05, 4.69) is 10.2 Å². The van der Waals surface area contributed by atoms with E-state index < -0.39 is 0 Å². The number of urea groups is 1. The third kappa shape index (κ3) is 4.32. The van der Waals surface area contributed by atoms with Crippen LogP contribution in [0.2, 0.25) is 0 Å². The van der Waals surface area contributed by atoms with E-state index >= 15 is 0 Å². The first kappa shape index (κ1) is 15.6. The predicted molar refractivity (Wildman–Crippen MR) is 84.2 cm³/mol. The average molecular weight is 317 g/mol. The number of carbonyl (C=O) groups is 1. The van der Waals surface area contributed by atoms with E-state index in [0.29, 0.717) is 19.6 Å². The molecule has 3 rings (SSSR count). The zero-order valence-electron chi connectivity index (χ0n) is 12.9. The van der Waals surface area contributed by atoms with Crippen LogP contribution < -0.4 is 5.32 Å². The summed E-state index contributed by atoms with van der Waals surface area (Å²) < 4.78 is 18.2. The van der Waals surface area contributed by atoms with Gasteiger partial charge in [0, 0.05) is 32.7 Å². The summed E-state index contributed by atoms with van der Waals surface area (Å²) >= 11 is 0. The topological polar surface area (TPSA) is 48.7 Å². The second-order valence-corrected chi connectivity index (χ2v) is 5.63. The lowest BCUT2D eigenvalue weighted by molar-refractivity contribution is 0.130. The smallest absolute Gasteiger partial charge is 0.317 e. The Bertz CT molecular complexity index is 620. The van der Waals surface area contributed by atoms with Crippen molar-refractivity contribution in [3.05, 3.63) is 59.8 Å². The molecule has 0 aliphatic carbocycles. The van der Waals surface area contributed by atoms with Gasteiger partial charge in [-0.25, -0.2) is 9.18 Å². The van der Waals surface area contributed by atoms with Crippen LogP contribution in [0.5, 0.6) is 0 Å². The number of hydrogen-bond donors (Lipinski definition) is 1. The van der Waals surface area contributed by atoms with E-state index in [4.69, 9.17) is 4.42 Å². The van der Waals surface area contributed by atoms with Crippen LogP contribution in [0.15, 0.2) is 47.1 Å². The number of carbonyl (C=O) groups excluding carboxylic acids is 1. The molecule has 1 aromatic carbocycles. The number of hydrogen-bond acceptors (Lipinski definition) is 3. The maximum atomic E-state index is 12.8. The number of piperazine rings is 1. The van der Waals surface area contributed by atoms with Crippen LogP contribution in [-0.2, 0) is 13.1 Å². The van der Waals surface area contributed by atoms with Gasteiger partial charge in [-0.3, -0.25) is 4.90 Å². The van der Waals surface area contributed by atoms with Gasteiger partial charge in [0.2, 0.25) is 0 Å². The van der Waals surface area contributed by atoms with Crippen molar-refractivity contribution in [1.29, 1.82) is 0 Å². The van der Waals surface area contributed by atoms with Crippen molar-refractivity contribution < 1.29 is 13.6 Å². The van der Waals surface area contributed by atoms with Crippen LogP contribution in [0.4, 0.5) is 9.18 Å². The van der Waals surface area contributed by atoms with E-state index in [1.54, 1.807) is 18.4 Å². The highest BCUT2D eigenvalue weighted by atomic mass is 19.1. The summed E-state index contributed by atoms with van der Waals surface area (Å²) in [6.45, 7) is 4.21. The maximum Gasteiger partial charge on any atom is 0.317 e. The Balaban J connectivity index is 1.42. The second-order valence-electron chi connectivity index (χ2n) is 5.63. The summed E-state index contributed by atoms with van der Waals surface area (Å²) in [7, 11) is 0. The highest BCUT2D eigenvalue weighted by molar-refractivity contribution is 5.74. The Labute approximate surface area is 134 Å². The first-order valence-electron chi connectivity index (χ1n) is 7.73. The molecule has 1 aliphatic rings. The molecule has 1 fully saturated rings. The fraction of sp³-hybridized carbons (Fsp3) is 0.353. The van der Waals surface area contributed by atoms with E-state index in [1.165, 1.54) is 12.1 Å². The minimum Gasteiger partial charge on any atom is -0.468 e. The Morgan fingerprint density at radius 3 is 2.52 bits per heavy atom. The molecule has 6 heteroatoms. The van der Waals surface area contributed by atoms with Crippen LogP contribution in [-0.4, -0.2) is 42.0 Å². The molecule has 1 N–H and O–H groups in total. The highest BCUT2D eigenvalue weighted by Gasteiger charge is 2.21. The van der Waals surface area contributed by atoms with Gasteiger partial charge in [0.25, 0.3) is 0 Å². The van der Waals surface area contributed by atoms with Crippen LogP contribution in [0, 0.1) is 5.82 Å². The largest absolute Gasteiger partial charge is 0.468 e. The molecule has 5 nitrogen and oxygen atoms in total. The SMILES string of the molecule is O=C(NCc1ccc(F)cc1)N1CCN(Cc2ccco2)CC1. The fourth-order valence-electron chi connectivity index (χ4n) is 2.62. The van der Waals surface area contributed by atoms with Crippen molar-refractivity contribution >= 4 is 6.03 Å². The third-order valence-electron chi connectivity index (χ3n) is 3.98. The van der Waals surface area contributed by atoms with E-state index in [-0.39, 0.29) is 11.8 Å². The second kappa shape index (κ2) is 7.28. The number of benzene rings is 1. The van der Waals surface area contributed by atoms with Crippen molar-refractivity contribution in [1.82, 2.24) is 15.1 Å². The molecular formula is C17H20FN3O2. The van der Waals surface area contributed by atoms with Crippen molar-refractivity contribution in [2.75, 3.05) is 26.2 Å².